The predicted octanol–water partition coefficient (Wildman–Crippen LogP) is 1.74. The minimum atomic E-state index is 0.553. The zero-order chi connectivity index (χ0) is 9.68. The maximum atomic E-state index is 8.43. The van der Waals surface area contributed by atoms with E-state index in [-0.39, 0.29) is 0 Å². The second-order valence-corrected chi connectivity index (χ2v) is 2.99. The van der Waals surface area contributed by atoms with Gasteiger partial charge in [0.05, 0.1) is 12.5 Å². The lowest BCUT2D eigenvalue weighted by atomic mass is 10.3. The molecule has 0 aliphatic rings. The Bertz CT molecular complexity index is 314. The van der Waals surface area contributed by atoms with Crippen LogP contribution in [0.2, 0.25) is 0 Å². The van der Waals surface area contributed by atoms with Crippen molar-refractivity contribution in [1.82, 2.24) is 4.98 Å². The number of nitriles is 1. The fourth-order valence-electron chi connectivity index (χ4n) is 1.11. The summed E-state index contributed by atoms with van der Waals surface area (Å²) < 4.78 is 0. The van der Waals surface area contributed by atoms with Gasteiger partial charge in [-0.1, -0.05) is 0 Å². The van der Waals surface area contributed by atoms with Gasteiger partial charge in [0.1, 0.15) is 0 Å². The third-order valence-electron chi connectivity index (χ3n) is 1.88. The number of hydrogen-bond donors (Lipinski definition) is 0. The molecule has 0 saturated carbocycles. The van der Waals surface area contributed by atoms with Gasteiger partial charge in [-0.05, 0) is 19.1 Å². The average molecular weight is 175 g/mol. The van der Waals surface area contributed by atoms with E-state index in [1.807, 2.05) is 26.1 Å². The topological polar surface area (TPSA) is 39.9 Å². The van der Waals surface area contributed by atoms with Crippen molar-refractivity contribution in [2.24, 2.45) is 0 Å². The standard InChI is InChI=1S/C10H13N3/c1-9-8-10(4-6-12-9)13(2)7-3-5-11/h4,6,8H,3,7H2,1-2H3. The van der Waals surface area contributed by atoms with Crippen LogP contribution in [-0.2, 0) is 0 Å². The van der Waals surface area contributed by atoms with Crippen molar-refractivity contribution >= 4 is 5.69 Å². The Hall–Kier alpha value is -1.56. The lowest BCUT2D eigenvalue weighted by Gasteiger charge is -2.17. The Kier molecular flexibility index (Phi) is 3.27. The van der Waals surface area contributed by atoms with Crippen molar-refractivity contribution < 1.29 is 0 Å². The van der Waals surface area contributed by atoms with Gasteiger partial charge in [0.15, 0.2) is 0 Å². The molecule has 0 saturated heterocycles. The lowest BCUT2D eigenvalue weighted by molar-refractivity contribution is 0.902. The molecule has 3 nitrogen and oxygen atoms in total. The first-order valence-corrected chi connectivity index (χ1v) is 4.25. The van der Waals surface area contributed by atoms with Crippen molar-refractivity contribution in [2.75, 3.05) is 18.5 Å². The van der Waals surface area contributed by atoms with Crippen molar-refractivity contribution in [3.63, 3.8) is 0 Å². The Morgan fingerprint density at radius 1 is 1.62 bits per heavy atom. The molecule has 0 amide bonds. The van der Waals surface area contributed by atoms with Gasteiger partial charge < -0.3 is 4.90 Å². The molecule has 0 aromatic carbocycles. The van der Waals surface area contributed by atoms with Crippen LogP contribution in [0.25, 0.3) is 0 Å². The molecule has 68 valence electrons. The molecule has 0 fully saturated rings. The summed E-state index contributed by atoms with van der Waals surface area (Å²) in [6, 6.07) is 6.09. The fourth-order valence-corrected chi connectivity index (χ4v) is 1.11. The van der Waals surface area contributed by atoms with E-state index < -0.39 is 0 Å². The van der Waals surface area contributed by atoms with E-state index >= 15 is 0 Å². The molecular formula is C10H13N3. The van der Waals surface area contributed by atoms with Crippen LogP contribution in [0.15, 0.2) is 18.3 Å². The maximum absolute atomic E-state index is 8.43. The summed E-state index contributed by atoms with van der Waals surface area (Å²) in [5, 5.41) is 8.43. The molecule has 1 heterocycles. The molecular weight excluding hydrogens is 162 g/mol. The average Bonchev–Trinajstić information content (AvgIpc) is 2.14. The van der Waals surface area contributed by atoms with E-state index in [0.29, 0.717) is 6.42 Å². The van der Waals surface area contributed by atoms with Gasteiger partial charge in [0.2, 0.25) is 0 Å². The fraction of sp³-hybridized carbons (Fsp3) is 0.400. The molecule has 1 aromatic heterocycles. The Morgan fingerprint density at radius 3 is 3.00 bits per heavy atom. The van der Waals surface area contributed by atoms with Crippen LogP contribution in [0.5, 0.6) is 0 Å². The smallest absolute Gasteiger partial charge is 0.0640 e. The molecule has 0 bridgehead atoms. The molecule has 1 aromatic rings. The van der Waals surface area contributed by atoms with Crippen LogP contribution in [0.1, 0.15) is 12.1 Å². The number of aryl methyl sites for hydroxylation is 1. The summed E-state index contributed by atoms with van der Waals surface area (Å²) in [5.41, 5.74) is 2.11. The van der Waals surface area contributed by atoms with E-state index in [1.165, 1.54) is 0 Å². The van der Waals surface area contributed by atoms with Crippen LogP contribution in [0.3, 0.4) is 0 Å². The lowest BCUT2D eigenvalue weighted by Crippen LogP contribution is -2.18. The summed E-state index contributed by atoms with van der Waals surface area (Å²) >= 11 is 0. The van der Waals surface area contributed by atoms with Crippen molar-refractivity contribution in [3.8, 4) is 6.07 Å². The highest BCUT2D eigenvalue weighted by Crippen LogP contribution is 2.11. The van der Waals surface area contributed by atoms with Crippen molar-refractivity contribution in [2.45, 2.75) is 13.3 Å². The molecule has 0 radical (unpaired) electrons. The Labute approximate surface area is 78.6 Å². The summed E-state index contributed by atoms with van der Waals surface area (Å²) in [5.74, 6) is 0. The second-order valence-electron chi connectivity index (χ2n) is 2.99. The van der Waals surface area contributed by atoms with E-state index in [4.69, 9.17) is 5.26 Å². The Morgan fingerprint density at radius 2 is 2.38 bits per heavy atom. The van der Waals surface area contributed by atoms with Gasteiger partial charge in [-0.15, -0.1) is 0 Å². The quantitative estimate of drug-likeness (QED) is 0.702. The van der Waals surface area contributed by atoms with Crippen LogP contribution in [-0.4, -0.2) is 18.6 Å². The normalized spacial score (nSPS) is 9.31. The SMILES string of the molecule is Cc1cc(N(C)CCC#N)ccn1. The monoisotopic (exact) mass is 175 g/mol. The van der Waals surface area contributed by atoms with Gasteiger partial charge in [-0.2, -0.15) is 5.26 Å². The molecule has 0 aliphatic carbocycles. The largest absolute Gasteiger partial charge is 0.373 e. The number of anilines is 1. The molecule has 3 heteroatoms. The highest BCUT2D eigenvalue weighted by atomic mass is 15.1. The first-order valence-electron chi connectivity index (χ1n) is 4.25. The number of pyridine rings is 1. The van der Waals surface area contributed by atoms with Crippen LogP contribution >= 0.6 is 0 Å². The molecule has 13 heavy (non-hydrogen) atoms. The van der Waals surface area contributed by atoms with Crippen molar-refractivity contribution in [1.29, 1.82) is 5.26 Å². The number of rotatable bonds is 3. The predicted molar refractivity (Wildman–Crippen MR) is 52.5 cm³/mol. The minimum Gasteiger partial charge on any atom is -0.373 e. The second kappa shape index (κ2) is 4.46. The van der Waals surface area contributed by atoms with Gasteiger partial charge in [0.25, 0.3) is 0 Å². The van der Waals surface area contributed by atoms with E-state index in [1.54, 1.807) is 6.20 Å². The third kappa shape index (κ3) is 2.75. The van der Waals surface area contributed by atoms with Crippen LogP contribution < -0.4 is 4.90 Å². The van der Waals surface area contributed by atoms with Gasteiger partial charge in [-0.25, -0.2) is 0 Å². The molecule has 0 unspecified atom stereocenters. The molecule has 0 spiro atoms. The summed E-state index contributed by atoms with van der Waals surface area (Å²) in [6.07, 6.45) is 2.34. The molecule has 0 aliphatic heterocycles. The molecule has 0 atom stereocenters. The van der Waals surface area contributed by atoms with E-state index in [0.717, 1.165) is 17.9 Å². The zero-order valence-corrected chi connectivity index (χ0v) is 7.99. The maximum Gasteiger partial charge on any atom is 0.0640 e. The highest BCUT2D eigenvalue weighted by molar-refractivity contribution is 5.45. The number of aromatic nitrogens is 1. The van der Waals surface area contributed by atoms with Gasteiger partial charge in [0, 0.05) is 31.2 Å². The summed E-state index contributed by atoms with van der Waals surface area (Å²) in [6.45, 7) is 2.72. The number of hydrogen-bond acceptors (Lipinski definition) is 3. The van der Waals surface area contributed by atoms with E-state index in [9.17, 15) is 0 Å². The Balaban J connectivity index is 2.66. The van der Waals surface area contributed by atoms with Crippen molar-refractivity contribution in [3.05, 3.63) is 24.0 Å². The van der Waals surface area contributed by atoms with Crippen LogP contribution in [0, 0.1) is 18.3 Å². The first-order chi connectivity index (χ1) is 6.24. The van der Waals surface area contributed by atoms with E-state index in [2.05, 4.69) is 16.0 Å². The minimum absolute atomic E-state index is 0.553. The summed E-state index contributed by atoms with van der Waals surface area (Å²) in [7, 11) is 1.98. The number of nitrogens with zero attached hydrogens (tertiary/aromatic N) is 3. The first kappa shape index (κ1) is 9.53. The summed E-state index contributed by atoms with van der Waals surface area (Å²) in [4.78, 5) is 6.16. The zero-order valence-electron chi connectivity index (χ0n) is 7.99. The molecule has 0 N–H and O–H groups in total. The van der Waals surface area contributed by atoms with Gasteiger partial charge >= 0.3 is 0 Å². The molecule has 1 rings (SSSR count). The van der Waals surface area contributed by atoms with Crippen LogP contribution in [0.4, 0.5) is 5.69 Å². The highest BCUT2D eigenvalue weighted by Gasteiger charge is 1.99. The van der Waals surface area contributed by atoms with Gasteiger partial charge in [-0.3, -0.25) is 4.98 Å². The third-order valence-corrected chi connectivity index (χ3v) is 1.88.